The van der Waals surface area contributed by atoms with Crippen molar-refractivity contribution in [2.24, 2.45) is 0 Å². The molecular weight excluding hydrogens is 296 g/mol. The minimum atomic E-state index is -0.963. The van der Waals surface area contributed by atoms with Gasteiger partial charge in [0.15, 0.2) is 6.29 Å². The Morgan fingerprint density at radius 2 is 1.52 bits per heavy atom. The Bertz CT molecular complexity index is 306. The molecule has 2 N–H and O–H groups in total. The van der Waals surface area contributed by atoms with Gasteiger partial charge in [-0.25, -0.2) is 0 Å². The Balaban J connectivity index is 2.14. The van der Waals surface area contributed by atoms with Crippen LogP contribution in [-0.2, 0) is 14.2 Å². The molecule has 0 aromatic carbocycles. The second-order valence-corrected chi connectivity index (χ2v) is 6.30. The second-order valence-electron chi connectivity index (χ2n) is 6.30. The molecule has 136 valence electrons. The molecule has 0 saturated carbocycles. The summed E-state index contributed by atoms with van der Waals surface area (Å²) in [6, 6.07) is 0. The molecule has 0 aliphatic carbocycles. The van der Waals surface area contributed by atoms with Crippen LogP contribution >= 0.6 is 0 Å². The average Bonchev–Trinajstić information content (AvgIpc) is 2.83. The molecule has 0 aromatic heterocycles. The van der Waals surface area contributed by atoms with Crippen LogP contribution in [0.1, 0.15) is 57.8 Å². The second kappa shape index (κ2) is 12.0. The van der Waals surface area contributed by atoms with Crippen LogP contribution in [0.5, 0.6) is 0 Å². The highest BCUT2D eigenvalue weighted by Gasteiger charge is 2.46. The maximum absolute atomic E-state index is 10.1. The SMILES string of the molecule is C=CCCCCCCCCC[C@@H]1O[C@H](C(OC)OC)[C@@H](O)[C@@H]1O. The Hall–Kier alpha value is -0.460. The van der Waals surface area contributed by atoms with Crippen molar-refractivity contribution in [2.45, 2.75) is 88.5 Å². The van der Waals surface area contributed by atoms with E-state index in [2.05, 4.69) is 6.58 Å². The molecule has 0 amide bonds. The van der Waals surface area contributed by atoms with Crippen molar-refractivity contribution < 1.29 is 24.4 Å². The molecule has 5 heteroatoms. The predicted molar refractivity (Wildman–Crippen MR) is 90.2 cm³/mol. The highest BCUT2D eigenvalue weighted by molar-refractivity contribution is 4.92. The van der Waals surface area contributed by atoms with Crippen molar-refractivity contribution in [3.8, 4) is 0 Å². The van der Waals surface area contributed by atoms with E-state index in [-0.39, 0.29) is 6.10 Å². The molecule has 0 aromatic rings. The van der Waals surface area contributed by atoms with E-state index in [1.54, 1.807) is 0 Å². The lowest BCUT2D eigenvalue weighted by Crippen LogP contribution is -2.40. The standard InChI is InChI=1S/C18H34O5/c1-4-5-6-7-8-9-10-11-12-13-14-15(19)16(20)17(23-14)18(21-2)22-3/h4,14-20H,1,5-13H2,2-3H3/t14-,15+,16-,17-/m0/s1. The number of hydrogen-bond acceptors (Lipinski definition) is 5. The van der Waals surface area contributed by atoms with Gasteiger partial charge in [0.25, 0.3) is 0 Å². The molecular formula is C18H34O5. The van der Waals surface area contributed by atoms with Crippen LogP contribution in [0.2, 0.25) is 0 Å². The van der Waals surface area contributed by atoms with Gasteiger partial charge in [0.1, 0.15) is 18.3 Å². The van der Waals surface area contributed by atoms with Gasteiger partial charge < -0.3 is 24.4 Å². The van der Waals surface area contributed by atoms with Crippen LogP contribution in [0, 0.1) is 0 Å². The van der Waals surface area contributed by atoms with Crippen molar-refractivity contribution in [1.82, 2.24) is 0 Å². The Labute approximate surface area is 140 Å². The number of rotatable bonds is 13. The fraction of sp³-hybridized carbons (Fsp3) is 0.889. The van der Waals surface area contributed by atoms with E-state index in [4.69, 9.17) is 14.2 Å². The Kier molecular flexibility index (Phi) is 10.7. The fourth-order valence-corrected chi connectivity index (χ4v) is 3.12. The zero-order valence-corrected chi connectivity index (χ0v) is 14.7. The van der Waals surface area contributed by atoms with E-state index in [1.165, 1.54) is 46.3 Å². The smallest absolute Gasteiger partial charge is 0.185 e. The van der Waals surface area contributed by atoms with Gasteiger partial charge in [0.05, 0.1) is 6.10 Å². The highest BCUT2D eigenvalue weighted by atomic mass is 16.7. The molecule has 0 unspecified atom stereocenters. The van der Waals surface area contributed by atoms with E-state index < -0.39 is 24.6 Å². The fourth-order valence-electron chi connectivity index (χ4n) is 3.12. The van der Waals surface area contributed by atoms with Crippen LogP contribution in [-0.4, -0.2) is 55.1 Å². The van der Waals surface area contributed by atoms with Crippen molar-refractivity contribution >= 4 is 0 Å². The summed E-state index contributed by atoms with van der Waals surface area (Å²) in [5.41, 5.74) is 0. The molecule has 1 aliphatic heterocycles. The quantitative estimate of drug-likeness (QED) is 0.309. The van der Waals surface area contributed by atoms with Gasteiger partial charge in [-0.15, -0.1) is 6.58 Å². The summed E-state index contributed by atoms with van der Waals surface area (Å²) in [5, 5.41) is 20.2. The summed E-state index contributed by atoms with van der Waals surface area (Å²) in [6.45, 7) is 3.73. The van der Waals surface area contributed by atoms with Gasteiger partial charge >= 0.3 is 0 Å². The number of aliphatic hydroxyl groups is 2. The van der Waals surface area contributed by atoms with E-state index in [1.807, 2.05) is 6.08 Å². The molecule has 1 rings (SSSR count). The highest BCUT2D eigenvalue weighted by Crippen LogP contribution is 2.28. The maximum Gasteiger partial charge on any atom is 0.185 e. The van der Waals surface area contributed by atoms with Crippen LogP contribution in [0.15, 0.2) is 12.7 Å². The lowest BCUT2D eigenvalue weighted by Gasteiger charge is -2.22. The molecule has 0 bridgehead atoms. The monoisotopic (exact) mass is 330 g/mol. The molecule has 0 radical (unpaired) electrons. The minimum Gasteiger partial charge on any atom is -0.388 e. The molecule has 1 fully saturated rings. The molecule has 23 heavy (non-hydrogen) atoms. The summed E-state index contributed by atoms with van der Waals surface area (Å²) < 4.78 is 16.0. The first-order valence-corrected chi connectivity index (χ1v) is 8.83. The number of allylic oxidation sites excluding steroid dienone is 1. The third-order valence-corrected chi connectivity index (χ3v) is 4.53. The summed E-state index contributed by atoms with van der Waals surface area (Å²) in [7, 11) is 3.00. The molecule has 1 aliphatic rings. The lowest BCUT2D eigenvalue weighted by atomic mass is 10.0. The molecule has 0 spiro atoms. The van der Waals surface area contributed by atoms with Gasteiger partial charge in [0, 0.05) is 14.2 Å². The molecule has 5 nitrogen and oxygen atoms in total. The lowest BCUT2D eigenvalue weighted by molar-refractivity contribution is -0.192. The van der Waals surface area contributed by atoms with E-state index in [9.17, 15) is 10.2 Å². The first kappa shape index (κ1) is 20.6. The molecule has 1 saturated heterocycles. The number of hydrogen-bond donors (Lipinski definition) is 2. The predicted octanol–water partition coefficient (Wildman–Crippen LogP) is 2.79. The summed E-state index contributed by atoms with van der Waals surface area (Å²) in [4.78, 5) is 0. The van der Waals surface area contributed by atoms with Gasteiger partial charge in [-0.05, 0) is 19.3 Å². The van der Waals surface area contributed by atoms with Crippen LogP contribution in [0.4, 0.5) is 0 Å². The topological polar surface area (TPSA) is 68.2 Å². The first-order valence-electron chi connectivity index (χ1n) is 8.83. The van der Waals surface area contributed by atoms with E-state index in [0.717, 1.165) is 25.7 Å². The average molecular weight is 330 g/mol. The summed E-state index contributed by atoms with van der Waals surface area (Å²) in [6.07, 6.45) is 8.79. The van der Waals surface area contributed by atoms with Crippen molar-refractivity contribution in [1.29, 1.82) is 0 Å². The zero-order chi connectivity index (χ0) is 17.1. The summed E-state index contributed by atoms with van der Waals surface area (Å²) >= 11 is 0. The van der Waals surface area contributed by atoms with Gasteiger partial charge in [-0.1, -0.05) is 44.6 Å². The third kappa shape index (κ3) is 6.89. The van der Waals surface area contributed by atoms with Gasteiger partial charge in [-0.2, -0.15) is 0 Å². The van der Waals surface area contributed by atoms with Crippen molar-refractivity contribution in [3.63, 3.8) is 0 Å². The van der Waals surface area contributed by atoms with Crippen LogP contribution in [0.3, 0.4) is 0 Å². The van der Waals surface area contributed by atoms with Crippen LogP contribution < -0.4 is 0 Å². The van der Waals surface area contributed by atoms with E-state index >= 15 is 0 Å². The molecule has 1 heterocycles. The van der Waals surface area contributed by atoms with Crippen molar-refractivity contribution in [2.75, 3.05) is 14.2 Å². The largest absolute Gasteiger partial charge is 0.388 e. The van der Waals surface area contributed by atoms with Crippen LogP contribution in [0.25, 0.3) is 0 Å². The zero-order valence-electron chi connectivity index (χ0n) is 14.7. The number of aliphatic hydroxyl groups excluding tert-OH is 2. The van der Waals surface area contributed by atoms with Gasteiger partial charge in [-0.3, -0.25) is 0 Å². The maximum atomic E-state index is 10.1. The Morgan fingerprint density at radius 1 is 0.957 bits per heavy atom. The van der Waals surface area contributed by atoms with Gasteiger partial charge in [0.2, 0.25) is 0 Å². The first-order chi connectivity index (χ1) is 11.2. The van der Waals surface area contributed by atoms with E-state index in [0.29, 0.717) is 0 Å². The number of unbranched alkanes of at least 4 members (excludes halogenated alkanes) is 7. The van der Waals surface area contributed by atoms with Crippen molar-refractivity contribution in [3.05, 3.63) is 12.7 Å². The number of ether oxygens (including phenoxy) is 3. The Morgan fingerprint density at radius 3 is 2.09 bits per heavy atom. The number of methoxy groups -OCH3 is 2. The normalized spacial score (nSPS) is 27.7. The molecule has 4 atom stereocenters. The third-order valence-electron chi connectivity index (χ3n) is 4.53. The summed E-state index contributed by atoms with van der Waals surface area (Å²) in [5.74, 6) is 0. The minimum absolute atomic E-state index is 0.338.